The van der Waals surface area contributed by atoms with Gasteiger partial charge in [-0.2, -0.15) is 9.78 Å². The molecule has 0 aliphatic heterocycles. The van der Waals surface area contributed by atoms with Gasteiger partial charge < -0.3 is 9.47 Å². The molecule has 0 saturated carbocycles. The molecule has 198 valence electrons. The number of fused-ring (bicyclic) bond motifs is 1. The Balaban J connectivity index is 1.73. The topological polar surface area (TPSA) is 65.7 Å². The third-order valence-corrected chi connectivity index (χ3v) is 6.88. The quantitative estimate of drug-likeness (QED) is 0.191. The molecule has 1 aromatic heterocycles. The van der Waals surface area contributed by atoms with Crippen LogP contribution in [0.3, 0.4) is 0 Å². The average molecular weight is 638 g/mol. The summed E-state index contributed by atoms with van der Waals surface area (Å²) in [5, 5.41) is 6.34. The molecule has 4 aromatic rings. The lowest BCUT2D eigenvalue weighted by atomic mass is 9.95. The van der Waals surface area contributed by atoms with Crippen LogP contribution in [0, 0.1) is 0 Å². The standard InChI is InChI=1S/C28H25BrCl3N3O3/c1-5-37-24-11-16(10-22(32)25(24)38-15-17-6-8-19(30)13-21(17)31)14-33-35-26(36)20-12-18(29)7-9-23(20)34-27(35)28(2,3)4/h6-14H,5,15H2,1-4H3. The summed E-state index contributed by atoms with van der Waals surface area (Å²) < 4.78 is 13.9. The molecule has 38 heavy (non-hydrogen) atoms. The Hall–Kier alpha value is -2.58. The number of halogens is 4. The maximum absolute atomic E-state index is 13.4. The third-order valence-electron chi connectivity index (χ3n) is 5.52. The van der Waals surface area contributed by atoms with Gasteiger partial charge in [-0.05, 0) is 55.0 Å². The largest absolute Gasteiger partial charge is 0.490 e. The van der Waals surface area contributed by atoms with Crippen molar-refractivity contribution < 1.29 is 9.47 Å². The van der Waals surface area contributed by atoms with Crippen LogP contribution in [-0.4, -0.2) is 22.5 Å². The summed E-state index contributed by atoms with van der Waals surface area (Å²) in [5.41, 5.74) is 1.28. The zero-order valence-electron chi connectivity index (χ0n) is 21.2. The molecule has 0 N–H and O–H groups in total. The number of aromatic nitrogens is 2. The van der Waals surface area contributed by atoms with Crippen molar-refractivity contribution in [1.82, 2.24) is 9.66 Å². The molecule has 0 spiro atoms. The smallest absolute Gasteiger partial charge is 0.282 e. The summed E-state index contributed by atoms with van der Waals surface area (Å²) in [6.45, 7) is 8.37. The van der Waals surface area contributed by atoms with Crippen molar-refractivity contribution in [3.63, 3.8) is 0 Å². The van der Waals surface area contributed by atoms with Gasteiger partial charge in [0.1, 0.15) is 12.4 Å². The Morgan fingerprint density at radius 3 is 2.47 bits per heavy atom. The molecular formula is C28H25BrCl3N3O3. The summed E-state index contributed by atoms with van der Waals surface area (Å²) in [7, 11) is 0. The number of ether oxygens (including phenoxy) is 2. The van der Waals surface area contributed by atoms with E-state index in [9.17, 15) is 4.79 Å². The predicted molar refractivity (Wildman–Crippen MR) is 159 cm³/mol. The minimum Gasteiger partial charge on any atom is -0.490 e. The highest BCUT2D eigenvalue weighted by molar-refractivity contribution is 9.10. The Morgan fingerprint density at radius 2 is 1.79 bits per heavy atom. The Morgan fingerprint density at radius 1 is 1.03 bits per heavy atom. The van der Waals surface area contributed by atoms with Gasteiger partial charge in [0.2, 0.25) is 0 Å². The fourth-order valence-electron chi connectivity index (χ4n) is 3.72. The molecule has 0 aliphatic rings. The highest BCUT2D eigenvalue weighted by Gasteiger charge is 2.23. The van der Waals surface area contributed by atoms with E-state index in [1.165, 1.54) is 4.68 Å². The number of nitrogens with zero attached hydrogens (tertiary/aromatic N) is 3. The van der Waals surface area contributed by atoms with Crippen LogP contribution in [0.4, 0.5) is 0 Å². The second kappa shape index (κ2) is 11.7. The number of hydrogen-bond acceptors (Lipinski definition) is 5. The molecular weight excluding hydrogens is 613 g/mol. The highest BCUT2D eigenvalue weighted by Crippen LogP contribution is 2.37. The van der Waals surface area contributed by atoms with Crippen LogP contribution in [-0.2, 0) is 12.0 Å². The first-order valence-electron chi connectivity index (χ1n) is 11.8. The van der Waals surface area contributed by atoms with E-state index in [4.69, 9.17) is 49.3 Å². The Bertz CT molecular complexity index is 1600. The lowest BCUT2D eigenvalue weighted by Crippen LogP contribution is -2.29. The molecule has 0 fully saturated rings. The van der Waals surface area contributed by atoms with E-state index in [0.717, 1.165) is 10.0 Å². The maximum atomic E-state index is 13.4. The molecule has 0 radical (unpaired) electrons. The first-order chi connectivity index (χ1) is 18.0. The number of rotatable bonds is 7. The van der Waals surface area contributed by atoms with E-state index < -0.39 is 5.41 Å². The molecule has 0 aliphatic carbocycles. The van der Waals surface area contributed by atoms with Gasteiger partial charge >= 0.3 is 0 Å². The normalized spacial score (nSPS) is 11.9. The minimum atomic E-state index is -0.438. The fourth-order valence-corrected chi connectivity index (χ4v) is 4.82. The monoisotopic (exact) mass is 635 g/mol. The fraction of sp³-hybridized carbons (Fsp3) is 0.250. The van der Waals surface area contributed by atoms with Crippen LogP contribution in [0.1, 0.15) is 44.6 Å². The summed E-state index contributed by atoms with van der Waals surface area (Å²) in [6.07, 6.45) is 1.55. The van der Waals surface area contributed by atoms with Crippen LogP contribution in [0.2, 0.25) is 15.1 Å². The number of benzene rings is 3. The first kappa shape index (κ1) is 28.4. The van der Waals surface area contributed by atoms with Crippen molar-refractivity contribution in [2.45, 2.75) is 39.7 Å². The highest BCUT2D eigenvalue weighted by atomic mass is 79.9. The number of hydrogen-bond donors (Lipinski definition) is 0. The third kappa shape index (κ3) is 6.34. The molecule has 0 amide bonds. The minimum absolute atomic E-state index is 0.173. The lowest BCUT2D eigenvalue weighted by Gasteiger charge is -2.21. The van der Waals surface area contributed by atoms with Gasteiger partial charge in [-0.1, -0.05) is 77.6 Å². The van der Waals surface area contributed by atoms with Gasteiger partial charge in [-0.15, -0.1) is 0 Å². The maximum Gasteiger partial charge on any atom is 0.282 e. The van der Waals surface area contributed by atoms with Gasteiger partial charge in [-0.25, -0.2) is 4.98 Å². The van der Waals surface area contributed by atoms with Gasteiger partial charge in [0.15, 0.2) is 11.5 Å². The zero-order valence-corrected chi connectivity index (χ0v) is 25.0. The summed E-state index contributed by atoms with van der Waals surface area (Å²) in [5.74, 6) is 1.35. The first-order valence-corrected chi connectivity index (χ1v) is 13.7. The van der Waals surface area contributed by atoms with Gasteiger partial charge in [-0.3, -0.25) is 4.79 Å². The molecule has 10 heteroatoms. The summed E-state index contributed by atoms with van der Waals surface area (Å²) in [6, 6.07) is 14.0. The second-order valence-electron chi connectivity index (χ2n) is 9.50. The lowest BCUT2D eigenvalue weighted by molar-refractivity contribution is 0.269. The molecule has 4 rings (SSSR count). The van der Waals surface area contributed by atoms with Crippen molar-refractivity contribution >= 4 is 67.9 Å². The molecule has 0 unspecified atom stereocenters. The molecule has 0 saturated heterocycles. The molecule has 1 heterocycles. The zero-order chi connectivity index (χ0) is 27.6. The van der Waals surface area contributed by atoms with E-state index in [2.05, 4.69) is 21.0 Å². The molecule has 0 bridgehead atoms. The van der Waals surface area contributed by atoms with Crippen molar-refractivity contribution in [2.75, 3.05) is 6.61 Å². The van der Waals surface area contributed by atoms with E-state index in [1.807, 2.05) is 39.8 Å². The van der Waals surface area contributed by atoms with Gasteiger partial charge in [0.05, 0.1) is 28.7 Å². The van der Waals surface area contributed by atoms with Crippen molar-refractivity contribution in [3.8, 4) is 11.5 Å². The average Bonchev–Trinajstić information content (AvgIpc) is 2.84. The van der Waals surface area contributed by atoms with Gasteiger partial charge in [0.25, 0.3) is 5.56 Å². The van der Waals surface area contributed by atoms with Crippen LogP contribution in [0.15, 0.2) is 62.9 Å². The van der Waals surface area contributed by atoms with Crippen LogP contribution >= 0.6 is 50.7 Å². The van der Waals surface area contributed by atoms with E-state index in [-0.39, 0.29) is 12.2 Å². The predicted octanol–water partition coefficient (Wildman–Crippen LogP) is 8.28. The second-order valence-corrected chi connectivity index (χ2v) is 11.7. The molecule has 6 nitrogen and oxygen atoms in total. The Labute approximate surface area is 244 Å². The van der Waals surface area contributed by atoms with Gasteiger partial charge in [0, 0.05) is 25.5 Å². The molecule has 0 atom stereocenters. The van der Waals surface area contributed by atoms with E-state index in [0.29, 0.717) is 55.5 Å². The van der Waals surface area contributed by atoms with Crippen molar-refractivity contribution in [2.24, 2.45) is 5.10 Å². The van der Waals surface area contributed by atoms with Crippen LogP contribution in [0.5, 0.6) is 11.5 Å². The van der Waals surface area contributed by atoms with E-state index >= 15 is 0 Å². The van der Waals surface area contributed by atoms with Crippen molar-refractivity contribution in [3.05, 3.63) is 95.4 Å². The summed E-state index contributed by atoms with van der Waals surface area (Å²) >= 11 is 22.3. The SMILES string of the molecule is CCOc1cc(C=Nn2c(C(C)(C)C)nc3ccc(Br)cc3c2=O)cc(Cl)c1OCc1ccc(Cl)cc1Cl. The van der Waals surface area contributed by atoms with Crippen LogP contribution < -0.4 is 15.0 Å². The Kier molecular flexibility index (Phi) is 8.72. The van der Waals surface area contributed by atoms with E-state index in [1.54, 1.807) is 42.6 Å². The summed E-state index contributed by atoms with van der Waals surface area (Å²) in [4.78, 5) is 18.2. The van der Waals surface area contributed by atoms with Crippen molar-refractivity contribution in [1.29, 1.82) is 0 Å². The van der Waals surface area contributed by atoms with Crippen LogP contribution in [0.25, 0.3) is 10.9 Å². The molecule has 3 aromatic carbocycles.